The number of halogens is 1. The number of rotatable bonds is 3. The lowest BCUT2D eigenvalue weighted by molar-refractivity contribution is -0.0594. The van der Waals surface area contributed by atoms with E-state index in [2.05, 4.69) is 22.0 Å². The second kappa shape index (κ2) is 7.21. The molecule has 30 heavy (non-hydrogen) atoms. The summed E-state index contributed by atoms with van der Waals surface area (Å²) in [6, 6.07) is 3.38. The summed E-state index contributed by atoms with van der Waals surface area (Å²) in [4.78, 5) is 22.2. The predicted octanol–water partition coefficient (Wildman–Crippen LogP) is 4.11. The van der Waals surface area contributed by atoms with Crippen molar-refractivity contribution in [3.8, 4) is 11.3 Å². The van der Waals surface area contributed by atoms with Crippen LogP contribution in [0.3, 0.4) is 0 Å². The van der Waals surface area contributed by atoms with Crippen LogP contribution in [0.4, 0.5) is 0 Å². The molecule has 0 spiro atoms. The molecule has 8 nitrogen and oxygen atoms in total. The number of pyridine rings is 1. The van der Waals surface area contributed by atoms with E-state index in [1.807, 2.05) is 20.2 Å². The van der Waals surface area contributed by atoms with Crippen LogP contribution in [0.2, 0.25) is 5.15 Å². The Bertz CT molecular complexity index is 1310. The minimum Gasteiger partial charge on any atom is -0.450 e. The number of nitrogens with zero attached hydrogens (tertiary/aromatic N) is 5. The fraction of sp³-hybridized carbons (Fsp3) is 0.429. The van der Waals surface area contributed by atoms with Crippen molar-refractivity contribution in [3.05, 3.63) is 40.2 Å². The first kappa shape index (κ1) is 19.3. The fourth-order valence-corrected chi connectivity index (χ4v) is 4.54. The lowest BCUT2D eigenvalue weighted by Crippen LogP contribution is -2.37. The van der Waals surface area contributed by atoms with E-state index >= 15 is 0 Å². The van der Waals surface area contributed by atoms with Gasteiger partial charge in [-0.25, -0.2) is 9.78 Å². The Kier molecular flexibility index (Phi) is 4.63. The largest absolute Gasteiger partial charge is 0.450 e. The predicted molar refractivity (Wildman–Crippen MR) is 114 cm³/mol. The van der Waals surface area contributed by atoms with E-state index in [0.29, 0.717) is 45.0 Å². The molecule has 3 atom stereocenters. The zero-order valence-corrected chi connectivity index (χ0v) is 17.8. The Morgan fingerprint density at radius 2 is 2.10 bits per heavy atom. The first-order chi connectivity index (χ1) is 14.4. The average Bonchev–Trinajstić information content (AvgIpc) is 3.30. The van der Waals surface area contributed by atoms with Crippen molar-refractivity contribution < 1.29 is 9.15 Å². The Morgan fingerprint density at radius 1 is 1.27 bits per heavy atom. The third kappa shape index (κ3) is 3.11. The van der Waals surface area contributed by atoms with Gasteiger partial charge in [-0.2, -0.15) is 10.1 Å². The number of furan rings is 1. The lowest BCUT2D eigenvalue weighted by atomic mass is 9.97. The van der Waals surface area contributed by atoms with Crippen molar-refractivity contribution >= 4 is 33.8 Å². The first-order valence-corrected chi connectivity index (χ1v) is 10.5. The second-order valence-electron chi connectivity index (χ2n) is 7.88. The monoisotopic (exact) mass is 427 g/mol. The molecule has 0 radical (unpaired) electrons. The quantitative estimate of drug-likeness (QED) is 0.457. The molecule has 1 aliphatic rings. The summed E-state index contributed by atoms with van der Waals surface area (Å²) < 4.78 is 15.6. The molecular formula is C21H22ClN5O3. The molecule has 0 aliphatic carbocycles. The van der Waals surface area contributed by atoms with Gasteiger partial charge in [-0.15, -0.1) is 0 Å². The zero-order valence-electron chi connectivity index (χ0n) is 17.0. The summed E-state index contributed by atoms with van der Waals surface area (Å²) >= 11 is 6.19. The van der Waals surface area contributed by atoms with E-state index in [1.165, 1.54) is 0 Å². The standard InChI is InChI=1S/C21H22ClN5O3/c1-4-14-8-13(7-11(2)29-14)27-19-18-15(5-6-16(22)24-18)30-20(19)17(25-21(27)28)12-9-23-26(3)10-12/h5-6,9-11,13-14H,4,7-8H2,1-3H3/t11-,13+,14+/m1/s1. The summed E-state index contributed by atoms with van der Waals surface area (Å²) in [5.74, 6) is 0. The molecule has 9 heteroatoms. The van der Waals surface area contributed by atoms with Gasteiger partial charge in [0.05, 0.1) is 18.4 Å². The molecule has 1 fully saturated rings. The molecule has 1 saturated heterocycles. The molecule has 5 heterocycles. The molecule has 5 rings (SSSR count). The van der Waals surface area contributed by atoms with Crippen LogP contribution in [-0.2, 0) is 11.8 Å². The van der Waals surface area contributed by atoms with Gasteiger partial charge in [-0.05, 0) is 38.3 Å². The van der Waals surface area contributed by atoms with Crippen LogP contribution in [0, 0.1) is 0 Å². The fourth-order valence-electron chi connectivity index (χ4n) is 4.39. The molecule has 0 aromatic carbocycles. The Hall–Kier alpha value is -2.71. The summed E-state index contributed by atoms with van der Waals surface area (Å²) in [6.07, 6.45) is 5.95. The number of ether oxygens (including phenoxy) is 1. The number of hydrogen-bond acceptors (Lipinski definition) is 6. The summed E-state index contributed by atoms with van der Waals surface area (Å²) in [7, 11) is 1.82. The van der Waals surface area contributed by atoms with Gasteiger partial charge in [0.15, 0.2) is 11.2 Å². The van der Waals surface area contributed by atoms with Crippen molar-refractivity contribution in [3.63, 3.8) is 0 Å². The van der Waals surface area contributed by atoms with E-state index in [1.54, 1.807) is 27.6 Å². The number of aryl methyl sites for hydroxylation is 1. The van der Waals surface area contributed by atoms with E-state index in [0.717, 1.165) is 12.8 Å². The highest BCUT2D eigenvalue weighted by atomic mass is 35.5. The minimum atomic E-state index is -0.334. The van der Waals surface area contributed by atoms with E-state index in [4.69, 9.17) is 20.8 Å². The molecule has 156 valence electrons. The van der Waals surface area contributed by atoms with Crippen LogP contribution in [-0.4, -0.2) is 36.5 Å². The van der Waals surface area contributed by atoms with E-state index in [9.17, 15) is 4.79 Å². The highest BCUT2D eigenvalue weighted by molar-refractivity contribution is 6.30. The van der Waals surface area contributed by atoms with Gasteiger partial charge in [0.2, 0.25) is 0 Å². The van der Waals surface area contributed by atoms with Crippen LogP contribution >= 0.6 is 11.6 Å². The Balaban J connectivity index is 1.83. The maximum absolute atomic E-state index is 13.3. The highest BCUT2D eigenvalue weighted by Crippen LogP contribution is 2.37. The van der Waals surface area contributed by atoms with Gasteiger partial charge in [0, 0.05) is 24.8 Å². The van der Waals surface area contributed by atoms with Crippen LogP contribution in [0.5, 0.6) is 0 Å². The average molecular weight is 428 g/mol. The number of fused-ring (bicyclic) bond motifs is 3. The molecule has 1 aliphatic heterocycles. The smallest absolute Gasteiger partial charge is 0.349 e. The van der Waals surface area contributed by atoms with Crippen LogP contribution in [0.15, 0.2) is 33.7 Å². The van der Waals surface area contributed by atoms with Gasteiger partial charge in [-0.3, -0.25) is 9.25 Å². The molecule has 0 unspecified atom stereocenters. The molecule has 4 aromatic rings. The van der Waals surface area contributed by atoms with E-state index in [-0.39, 0.29) is 23.9 Å². The number of hydrogen-bond donors (Lipinski definition) is 0. The van der Waals surface area contributed by atoms with Gasteiger partial charge in [-0.1, -0.05) is 18.5 Å². The van der Waals surface area contributed by atoms with Crippen molar-refractivity contribution in [1.29, 1.82) is 0 Å². The van der Waals surface area contributed by atoms with Gasteiger partial charge < -0.3 is 9.15 Å². The van der Waals surface area contributed by atoms with Crippen LogP contribution < -0.4 is 5.69 Å². The summed E-state index contributed by atoms with van der Waals surface area (Å²) in [5, 5.41) is 4.56. The topological polar surface area (TPSA) is 88.0 Å². The van der Waals surface area contributed by atoms with Gasteiger partial charge in [0.1, 0.15) is 21.9 Å². The van der Waals surface area contributed by atoms with Gasteiger partial charge >= 0.3 is 5.69 Å². The summed E-state index contributed by atoms with van der Waals surface area (Å²) in [5.41, 5.74) is 3.10. The van der Waals surface area contributed by atoms with Crippen molar-refractivity contribution in [2.75, 3.05) is 0 Å². The van der Waals surface area contributed by atoms with Crippen molar-refractivity contribution in [2.24, 2.45) is 7.05 Å². The molecule has 4 aromatic heterocycles. The lowest BCUT2D eigenvalue weighted by Gasteiger charge is -2.34. The van der Waals surface area contributed by atoms with E-state index < -0.39 is 0 Å². The Morgan fingerprint density at radius 3 is 2.83 bits per heavy atom. The van der Waals surface area contributed by atoms with Crippen LogP contribution in [0.25, 0.3) is 33.5 Å². The zero-order chi connectivity index (χ0) is 21.0. The highest BCUT2D eigenvalue weighted by Gasteiger charge is 2.31. The molecule has 0 bridgehead atoms. The Labute approximate surface area is 177 Å². The third-order valence-electron chi connectivity index (χ3n) is 5.71. The molecular weight excluding hydrogens is 406 g/mol. The third-order valence-corrected chi connectivity index (χ3v) is 5.92. The van der Waals surface area contributed by atoms with Crippen molar-refractivity contribution in [2.45, 2.75) is 51.4 Å². The minimum absolute atomic E-state index is 0.0448. The van der Waals surface area contributed by atoms with Crippen molar-refractivity contribution in [1.82, 2.24) is 24.3 Å². The second-order valence-corrected chi connectivity index (χ2v) is 8.27. The van der Waals surface area contributed by atoms with Crippen LogP contribution in [0.1, 0.15) is 39.2 Å². The SMILES string of the molecule is CC[C@H]1C[C@@H](n2c(=O)nc(-c3cnn(C)c3)c3oc4ccc(Cl)nc4c32)C[C@@H](C)O1. The maximum atomic E-state index is 13.3. The number of aromatic nitrogens is 5. The molecule has 0 N–H and O–H groups in total. The first-order valence-electron chi connectivity index (χ1n) is 10.1. The maximum Gasteiger partial charge on any atom is 0.349 e. The normalized spacial score (nSPS) is 22.2. The molecule has 0 saturated carbocycles. The summed E-state index contributed by atoms with van der Waals surface area (Å²) in [6.45, 7) is 4.13. The molecule has 0 amide bonds. The van der Waals surface area contributed by atoms with Gasteiger partial charge in [0.25, 0.3) is 0 Å².